The summed E-state index contributed by atoms with van der Waals surface area (Å²) in [4.78, 5) is 15.2. The molecule has 0 saturated carbocycles. The first-order chi connectivity index (χ1) is 9.12. The second-order valence-corrected chi connectivity index (χ2v) is 7.52. The Morgan fingerprint density at radius 1 is 1.40 bits per heavy atom. The number of aliphatic carboxylic acids is 1. The van der Waals surface area contributed by atoms with Crippen LogP contribution in [0.25, 0.3) is 0 Å². The lowest BCUT2D eigenvalue weighted by Crippen LogP contribution is -2.49. The lowest BCUT2D eigenvalue weighted by atomic mass is 9.88. The number of rotatable bonds is 6. The molecule has 1 rings (SSSR count). The Morgan fingerprint density at radius 2 is 2.05 bits per heavy atom. The Balaban J connectivity index is 2.72. The Kier molecular flexibility index (Phi) is 5.24. The summed E-state index contributed by atoms with van der Waals surface area (Å²) < 4.78 is 26.2. The van der Waals surface area contributed by atoms with Crippen LogP contribution >= 0.6 is 0 Å². The van der Waals surface area contributed by atoms with Crippen LogP contribution in [0.1, 0.15) is 26.5 Å². The molecular formula is C13H20N2O4S. The van der Waals surface area contributed by atoms with Crippen molar-refractivity contribution in [2.24, 2.45) is 5.41 Å². The van der Waals surface area contributed by atoms with Gasteiger partial charge in [-0.1, -0.05) is 26.8 Å². The molecule has 7 heteroatoms. The molecule has 112 valence electrons. The number of carboxylic acid groups (broad SMARTS) is 1. The summed E-state index contributed by atoms with van der Waals surface area (Å²) >= 11 is 0. The van der Waals surface area contributed by atoms with Gasteiger partial charge < -0.3 is 5.11 Å². The Bertz CT molecular complexity index is 549. The third-order valence-electron chi connectivity index (χ3n) is 2.76. The monoisotopic (exact) mass is 300 g/mol. The van der Waals surface area contributed by atoms with Crippen LogP contribution in [0, 0.1) is 5.41 Å². The van der Waals surface area contributed by atoms with Crippen molar-refractivity contribution in [2.75, 3.05) is 5.75 Å². The zero-order chi connectivity index (χ0) is 15.4. The van der Waals surface area contributed by atoms with Crippen molar-refractivity contribution in [2.45, 2.75) is 33.2 Å². The van der Waals surface area contributed by atoms with Gasteiger partial charge in [0.25, 0.3) is 0 Å². The van der Waals surface area contributed by atoms with Crippen LogP contribution in [0.15, 0.2) is 24.4 Å². The fraction of sp³-hybridized carbons (Fsp3) is 0.538. The topological polar surface area (TPSA) is 96.4 Å². The van der Waals surface area contributed by atoms with E-state index in [0.29, 0.717) is 5.69 Å². The Morgan fingerprint density at radius 3 is 2.50 bits per heavy atom. The van der Waals surface area contributed by atoms with E-state index >= 15 is 0 Å². The van der Waals surface area contributed by atoms with E-state index < -0.39 is 27.4 Å². The van der Waals surface area contributed by atoms with E-state index in [1.165, 1.54) is 0 Å². The molecule has 0 fully saturated rings. The van der Waals surface area contributed by atoms with Crippen molar-refractivity contribution in [3.8, 4) is 0 Å². The molecule has 0 aliphatic rings. The highest BCUT2D eigenvalue weighted by Crippen LogP contribution is 2.20. The standard InChI is InChI=1S/C13H20N2O4S/c1-13(2,3)11(12(16)17)15-20(18,19)9-7-10-6-4-5-8-14-10/h4-6,8,11,15H,7,9H2,1-3H3,(H,16,17)/t11-/m0/s1. The van der Waals surface area contributed by atoms with Crippen molar-refractivity contribution in [1.82, 2.24) is 9.71 Å². The fourth-order valence-corrected chi connectivity index (χ4v) is 3.03. The van der Waals surface area contributed by atoms with Crippen LogP contribution in [0.5, 0.6) is 0 Å². The highest BCUT2D eigenvalue weighted by molar-refractivity contribution is 7.89. The predicted octanol–water partition coefficient (Wildman–Crippen LogP) is 1.04. The van der Waals surface area contributed by atoms with E-state index in [9.17, 15) is 13.2 Å². The van der Waals surface area contributed by atoms with Crippen LogP contribution < -0.4 is 4.72 Å². The molecule has 1 aromatic rings. The van der Waals surface area contributed by atoms with Gasteiger partial charge in [0.2, 0.25) is 10.0 Å². The minimum atomic E-state index is -3.68. The molecule has 1 heterocycles. The van der Waals surface area contributed by atoms with E-state index in [1.807, 2.05) is 0 Å². The fourth-order valence-electron chi connectivity index (χ4n) is 1.62. The summed E-state index contributed by atoms with van der Waals surface area (Å²) in [5.74, 6) is -1.37. The van der Waals surface area contributed by atoms with Gasteiger partial charge in [-0.3, -0.25) is 9.78 Å². The molecule has 20 heavy (non-hydrogen) atoms. The number of nitrogens with one attached hydrogen (secondary N) is 1. The minimum Gasteiger partial charge on any atom is -0.480 e. The van der Waals surface area contributed by atoms with Crippen LogP contribution in [0.3, 0.4) is 0 Å². The molecular weight excluding hydrogens is 280 g/mol. The number of aryl methyl sites for hydroxylation is 1. The molecule has 1 atom stereocenters. The summed E-state index contributed by atoms with van der Waals surface area (Å²) in [7, 11) is -3.68. The lowest BCUT2D eigenvalue weighted by Gasteiger charge is -2.27. The number of hydrogen-bond donors (Lipinski definition) is 2. The van der Waals surface area contributed by atoms with Crippen molar-refractivity contribution in [1.29, 1.82) is 0 Å². The van der Waals surface area contributed by atoms with Gasteiger partial charge >= 0.3 is 5.97 Å². The summed E-state index contributed by atoms with van der Waals surface area (Å²) in [6, 6.07) is 4.10. The van der Waals surface area contributed by atoms with Gasteiger partial charge in [0.05, 0.1) is 5.75 Å². The molecule has 0 bridgehead atoms. The second-order valence-electron chi connectivity index (χ2n) is 5.65. The zero-order valence-electron chi connectivity index (χ0n) is 11.8. The molecule has 1 aromatic heterocycles. The summed E-state index contributed by atoms with van der Waals surface area (Å²) in [6.45, 7) is 5.02. The minimum absolute atomic E-state index is 0.191. The maximum atomic E-state index is 12.0. The summed E-state index contributed by atoms with van der Waals surface area (Å²) in [6.07, 6.45) is 1.83. The molecule has 0 amide bonds. The highest BCUT2D eigenvalue weighted by Gasteiger charge is 2.34. The number of carboxylic acids is 1. The third-order valence-corrected chi connectivity index (χ3v) is 4.10. The van der Waals surface area contributed by atoms with Crippen molar-refractivity contribution in [3.63, 3.8) is 0 Å². The summed E-state index contributed by atoms with van der Waals surface area (Å²) in [5, 5.41) is 9.12. The van der Waals surface area contributed by atoms with Gasteiger partial charge in [-0.05, 0) is 17.5 Å². The first-order valence-electron chi connectivity index (χ1n) is 6.24. The first-order valence-corrected chi connectivity index (χ1v) is 7.90. The summed E-state index contributed by atoms with van der Waals surface area (Å²) in [5.41, 5.74) is -0.0512. The number of carbonyl (C=O) groups is 1. The smallest absolute Gasteiger partial charge is 0.322 e. The van der Waals surface area contributed by atoms with Gasteiger partial charge in [-0.2, -0.15) is 0 Å². The van der Waals surface area contributed by atoms with Gasteiger partial charge in [0.1, 0.15) is 6.04 Å². The normalized spacial score (nSPS) is 13.9. The first kappa shape index (κ1) is 16.6. The van der Waals surface area contributed by atoms with Crippen molar-refractivity contribution < 1.29 is 18.3 Å². The SMILES string of the molecule is CC(C)(C)[C@@H](NS(=O)(=O)CCc1ccccn1)C(=O)O. The largest absolute Gasteiger partial charge is 0.480 e. The maximum absolute atomic E-state index is 12.0. The average molecular weight is 300 g/mol. The predicted molar refractivity (Wildman–Crippen MR) is 75.7 cm³/mol. The van der Waals surface area contributed by atoms with E-state index in [1.54, 1.807) is 45.2 Å². The van der Waals surface area contributed by atoms with E-state index in [2.05, 4.69) is 9.71 Å². The molecule has 2 N–H and O–H groups in total. The van der Waals surface area contributed by atoms with Crippen molar-refractivity contribution in [3.05, 3.63) is 30.1 Å². The third kappa shape index (κ3) is 5.26. The van der Waals surface area contributed by atoms with E-state index in [-0.39, 0.29) is 12.2 Å². The van der Waals surface area contributed by atoms with E-state index in [4.69, 9.17) is 5.11 Å². The molecule has 6 nitrogen and oxygen atoms in total. The number of pyridine rings is 1. The Hall–Kier alpha value is -1.47. The van der Waals surface area contributed by atoms with Crippen LogP contribution in [-0.2, 0) is 21.2 Å². The average Bonchev–Trinajstić information content (AvgIpc) is 2.33. The van der Waals surface area contributed by atoms with Crippen molar-refractivity contribution >= 4 is 16.0 Å². The quantitative estimate of drug-likeness (QED) is 0.818. The van der Waals surface area contributed by atoms with Gasteiger partial charge in [0.15, 0.2) is 0 Å². The molecule has 0 aromatic carbocycles. The second kappa shape index (κ2) is 6.32. The molecule has 0 spiro atoms. The molecule has 0 unspecified atom stereocenters. The highest BCUT2D eigenvalue weighted by atomic mass is 32.2. The molecule has 0 aliphatic heterocycles. The number of sulfonamides is 1. The molecule has 0 aliphatic carbocycles. The van der Waals surface area contributed by atoms with Crippen LogP contribution in [0.2, 0.25) is 0 Å². The van der Waals surface area contributed by atoms with Crippen LogP contribution in [-0.4, -0.2) is 36.3 Å². The van der Waals surface area contributed by atoms with Gasteiger partial charge in [-0.15, -0.1) is 0 Å². The van der Waals surface area contributed by atoms with Gasteiger partial charge in [0, 0.05) is 18.3 Å². The number of nitrogens with zero attached hydrogens (tertiary/aromatic N) is 1. The number of hydrogen-bond acceptors (Lipinski definition) is 4. The zero-order valence-corrected chi connectivity index (χ0v) is 12.6. The molecule has 0 saturated heterocycles. The Labute approximate surface area is 119 Å². The lowest BCUT2D eigenvalue weighted by molar-refractivity contribution is -0.141. The van der Waals surface area contributed by atoms with Gasteiger partial charge in [-0.25, -0.2) is 13.1 Å². The van der Waals surface area contributed by atoms with Crippen LogP contribution in [0.4, 0.5) is 0 Å². The maximum Gasteiger partial charge on any atom is 0.322 e. The molecule has 0 radical (unpaired) electrons. The van der Waals surface area contributed by atoms with E-state index in [0.717, 1.165) is 0 Å². The number of aromatic nitrogens is 1.